The van der Waals surface area contributed by atoms with Gasteiger partial charge in [0, 0.05) is 42.6 Å². The topological polar surface area (TPSA) is 39.1 Å². The Morgan fingerprint density at radius 2 is 0.734 bits per heavy atom. The summed E-state index contributed by atoms with van der Waals surface area (Å²) < 4.78 is 33.9. The number of aromatic nitrogens is 1. The summed E-state index contributed by atoms with van der Waals surface area (Å²) in [4.78, 5) is 0. The Balaban J connectivity index is 1.16. The SMILES string of the molecule is O=P(c1ccccc1)(c1ccccc1)c1ccc(C2(c3ccc(P(=O)(c4ccccc4)c4ccccc4)cc3)c3ccccc3-n3c4ccc5ccccc5c4c4cccc2c43)cc1. The lowest BCUT2D eigenvalue weighted by Crippen LogP contribution is -2.36. The van der Waals surface area contributed by atoms with E-state index in [0.29, 0.717) is 0 Å². The summed E-state index contributed by atoms with van der Waals surface area (Å²) in [7, 11) is -6.51. The second-order valence-corrected chi connectivity index (χ2v) is 22.2. The largest absolute Gasteiger partial charge is 0.309 e. The Labute approximate surface area is 372 Å². The zero-order chi connectivity index (χ0) is 42.9. The zero-order valence-electron chi connectivity index (χ0n) is 34.8. The van der Waals surface area contributed by atoms with Crippen LogP contribution in [0.2, 0.25) is 0 Å². The molecule has 0 saturated heterocycles. The van der Waals surface area contributed by atoms with Crippen molar-refractivity contribution >= 4 is 78.7 Å². The lowest BCUT2D eigenvalue weighted by Gasteiger charge is -2.42. The minimum absolute atomic E-state index is 0.772. The highest BCUT2D eigenvalue weighted by Crippen LogP contribution is 2.55. The highest BCUT2D eigenvalue weighted by Gasteiger charge is 2.46. The van der Waals surface area contributed by atoms with Gasteiger partial charge in [0.25, 0.3) is 0 Å². The van der Waals surface area contributed by atoms with Crippen LogP contribution >= 0.6 is 14.3 Å². The Bertz CT molecular complexity index is 3410. The molecule has 0 aliphatic carbocycles. The lowest BCUT2D eigenvalue weighted by atomic mass is 9.63. The molecular formula is C59H41NO2P2. The fraction of sp³-hybridized carbons (Fsp3) is 0.0169. The molecule has 304 valence electrons. The minimum Gasteiger partial charge on any atom is -0.309 e. The fourth-order valence-corrected chi connectivity index (χ4v) is 15.9. The number of para-hydroxylation sites is 2. The summed E-state index contributed by atoms with van der Waals surface area (Å²) >= 11 is 0. The summed E-state index contributed by atoms with van der Waals surface area (Å²) in [6.45, 7) is 0. The van der Waals surface area contributed by atoms with Gasteiger partial charge in [-0.05, 0) is 45.2 Å². The van der Waals surface area contributed by atoms with E-state index in [1.807, 2.05) is 121 Å². The van der Waals surface area contributed by atoms with E-state index in [-0.39, 0.29) is 0 Å². The summed E-state index contributed by atoms with van der Waals surface area (Å²) in [5, 5.41) is 9.56. The van der Waals surface area contributed by atoms with Crippen molar-refractivity contribution in [3.8, 4) is 5.69 Å². The minimum atomic E-state index is -3.26. The number of hydrogen-bond donors (Lipinski definition) is 0. The molecule has 12 rings (SSSR count). The van der Waals surface area contributed by atoms with Gasteiger partial charge in [0.1, 0.15) is 0 Å². The predicted octanol–water partition coefficient (Wildman–Crippen LogP) is 11.9. The van der Waals surface area contributed by atoms with Crippen molar-refractivity contribution in [1.82, 2.24) is 4.57 Å². The van der Waals surface area contributed by atoms with Crippen LogP contribution in [0.5, 0.6) is 0 Å². The third-order valence-corrected chi connectivity index (χ3v) is 19.6. The van der Waals surface area contributed by atoms with Crippen LogP contribution in [0.4, 0.5) is 0 Å². The zero-order valence-corrected chi connectivity index (χ0v) is 36.6. The first-order valence-electron chi connectivity index (χ1n) is 21.7. The van der Waals surface area contributed by atoms with Gasteiger partial charge in [-0.25, -0.2) is 0 Å². The van der Waals surface area contributed by atoms with Crippen LogP contribution in [-0.4, -0.2) is 4.57 Å². The normalized spacial score (nSPS) is 13.2. The van der Waals surface area contributed by atoms with Gasteiger partial charge < -0.3 is 13.7 Å². The second kappa shape index (κ2) is 14.9. The third-order valence-electron chi connectivity index (χ3n) is 13.4. The van der Waals surface area contributed by atoms with E-state index in [1.54, 1.807) is 0 Å². The van der Waals surface area contributed by atoms with Gasteiger partial charge in [-0.15, -0.1) is 0 Å². The van der Waals surface area contributed by atoms with Crippen molar-refractivity contribution in [1.29, 1.82) is 0 Å². The van der Waals surface area contributed by atoms with E-state index < -0.39 is 19.7 Å². The van der Waals surface area contributed by atoms with Crippen LogP contribution in [-0.2, 0) is 14.5 Å². The van der Waals surface area contributed by atoms with Gasteiger partial charge >= 0.3 is 0 Å². The molecule has 0 radical (unpaired) electrons. The molecule has 3 nitrogen and oxygen atoms in total. The Hall–Kier alpha value is -7.28. The van der Waals surface area contributed by atoms with E-state index in [0.717, 1.165) is 70.8 Å². The summed E-state index contributed by atoms with van der Waals surface area (Å²) in [6, 6.07) is 85.3. The average Bonchev–Trinajstić information content (AvgIpc) is 3.73. The lowest BCUT2D eigenvalue weighted by molar-refractivity contribution is 0.591. The predicted molar refractivity (Wildman–Crippen MR) is 269 cm³/mol. The smallest absolute Gasteiger partial charge is 0.171 e. The van der Waals surface area contributed by atoms with Gasteiger partial charge in [0.2, 0.25) is 0 Å². The van der Waals surface area contributed by atoms with Crippen molar-refractivity contribution < 1.29 is 9.13 Å². The molecule has 1 aromatic heterocycles. The van der Waals surface area contributed by atoms with Crippen LogP contribution < -0.4 is 31.8 Å². The number of fused-ring (bicyclic) bond motifs is 7. The Morgan fingerprint density at radius 3 is 1.25 bits per heavy atom. The molecule has 0 spiro atoms. The first kappa shape index (κ1) is 38.4. The monoisotopic (exact) mass is 857 g/mol. The van der Waals surface area contributed by atoms with E-state index in [4.69, 9.17) is 0 Å². The quantitative estimate of drug-likeness (QED) is 0.143. The van der Waals surface area contributed by atoms with Crippen LogP contribution in [0.15, 0.2) is 249 Å². The van der Waals surface area contributed by atoms with Crippen LogP contribution in [0.1, 0.15) is 22.3 Å². The van der Waals surface area contributed by atoms with E-state index in [2.05, 4.69) is 132 Å². The van der Waals surface area contributed by atoms with Crippen molar-refractivity contribution in [2.24, 2.45) is 0 Å². The molecule has 0 atom stereocenters. The molecule has 11 aromatic rings. The third kappa shape index (κ3) is 5.48. The van der Waals surface area contributed by atoms with Gasteiger partial charge in [-0.2, -0.15) is 0 Å². The van der Waals surface area contributed by atoms with E-state index in [9.17, 15) is 0 Å². The maximum absolute atomic E-state index is 15.7. The number of rotatable bonds is 8. The average molecular weight is 858 g/mol. The highest BCUT2D eigenvalue weighted by molar-refractivity contribution is 7.85. The Morgan fingerprint density at radius 1 is 0.328 bits per heavy atom. The van der Waals surface area contributed by atoms with E-state index in [1.165, 1.54) is 21.5 Å². The molecule has 10 aromatic carbocycles. The molecule has 0 fully saturated rings. The molecule has 2 heterocycles. The highest BCUT2D eigenvalue weighted by atomic mass is 31.2. The first-order valence-corrected chi connectivity index (χ1v) is 25.1. The molecule has 1 aliphatic rings. The number of nitrogens with zero attached hydrogens (tertiary/aromatic N) is 1. The standard InChI is InChI=1S/C59H41NO2P2/c61-63(45-19-5-1-6-20-45,46-21-7-2-8-22-46)49-37-33-43(34-38-49)59(44-35-39-50(40-36-44)64(62,47-23-9-3-10-24-47)48-25-11-4-12-26-48)53-29-15-16-31-55(53)60-56-41-32-42-18-13-14-27-51(42)57(56)52-28-17-30-54(59)58(52)60/h1-41H. The van der Waals surface area contributed by atoms with Gasteiger partial charge in [-0.1, -0.05) is 237 Å². The van der Waals surface area contributed by atoms with Crippen molar-refractivity contribution in [2.45, 2.75) is 5.41 Å². The fourth-order valence-electron chi connectivity index (χ4n) is 10.6. The molecule has 0 bridgehead atoms. The first-order chi connectivity index (χ1) is 31.5. The van der Waals surface area contributed by atoms with E-state index >= 15 is 9.13 Å². The molecule has 0 unspecified atom stereocenters. The summed E-state index contributed by atoms with van der Waals surface area (Å²) in [5.74, 6) is 0. The van der Waals surface area contributed by atoms with Gasteiger partial charge in [0.15, 0.2) is 14.3 Å². The van der Waals surface area contributed by atoms with Gasteiger partial charge in [0.05, 0.1) is 22.1 Å². The molecule has 64 heavy (non-hydrogen) atoms. The van der Waals surface area contributed by atoms with Crippen molar-refractivity contribution in [2.75, 3.05) is 0 Å². The second-order valence-electron chi connectivity index (χ2n) is 16.6. The molecule has 0 saturated carbocycles. The van der Waals surface area contributed by atoms with Crippen molar-refractivity contribution in [3.63, 3.8) is 0 Å². The van der Waals surface area contributed by atoms with Crippen LogP contribution in [0, 0.1) is 0 Å². The number of benzene rings is 10. The molecule has 0 amide bonds. The maximum Gasteiger partial charge on any atom is 0.171 e. The number of hydrogen-bond acceptors (Lipinski definition) is 2. The molecule has 0 N–H and O–H groups in total. The van der Waals surface area contributed by atoms with Gasteiger partial charge in [-0.3, -0.25) is 0 Å². The molecule has 5 heteroatoms. The Kier molecular flexibility index (Phi) is 8.96. The van der Waals surface area contributed by atoms with Crippen molar-refractivity contribution in [3.05, 3.63) is 271 Å². The summed E-state index contributed by atoms with van der Waals surface area (Å²) in [5.41, 5.74) is 6.95. The summed E-state index contributed by atoms with van der Waals surface area (Å²) in [6.07, 6.45) is 0. The van der Waals surface area contributed by atoms with Crippen LogP contribution in [0.3, 0.4) is 0 Å². The molecular weight excluding hydrogens is 817 g/mol. The maximum atomic E-state index is 15.7. The molecule has 1 aliphatic heterocycles. The van der Waals surface area contributed by atoms with Crippen LogP contribution in [0.25, 0.3) is 38.3 Å².